The van der Waals surface area contributed by atoms with Crippen LogP contribution in [0, 0.1) is 11.6 Å². The number of halogens is 2. The van der Waals surface area contributed by atoms with Crippen LogP contribution in [0.2, 0.25) is 0 Å². The van der Waals surface area contributed by atoms with Crippen LogP contribution in [-0.2, 0) is 16.1 Å². The average molecular weight is 392 g/mol. The molecule has 2 heterocycles. The van der Waals surface area contributed by atoms with Gasteiger partial charge < -0.3 is 20.2 Å². The van der Waals surface area contributed by atoms with Gasteiger partial charge in [0.1, 0.15) is 23.5 Å². The van der Waals surface area contributed by atoms with Crippen molar-refractivity contribution in [3.05, 3.63) is 75.9 Å². The van der Waals surface area contributed by atoms with Gasteiger partial charge in [-0.15, -0.1) is 11.3 Å². The lowest BCUT2D eigenvalue weighted by molar-refractivity contribution is -0.136. The molecule has 2 amide bonds. The lowest BCUT2D eigenvalue weighted by atomic mass is 10.2. The van der Waals surface area contributed by atoms with Crippen molar-refractivity contribution in [1.82, 2.24) is 5.32 Å². The Hall–Kier alpha value is -3.04. The van der Waals surface area contributed by atoms with Crippen LogP contribution in [0.3, 0.4) is 0 Å². The summed E-state index contributed by atoms with van der Waals surface area (Å²) < 4.78 is 31.5. The molecule has 1 atom stereocenters. The quantitative estimate of drug-likeness (QED) is 0.582. The van der Waals surface area contributed by atoms with E-state index in [0.29, 0.717) is 21.6 Å². The number of hydrogen-bond acceptors (Lipinski definition) is 5. The van der Waals surface area contributed by atoms with E-state index in [-0.39, 0.29) is 12.2 Å². The van der Waals surface area contributed by atoms with Gasteiger partial charge in [-0.05, 0) is 36.4 Å². The average Bonchev–Trinajstić information content (AvgIpc) is 3.33. The Labute approximate surface area is 156 Å². The van der Waals surface area contributed by atoms with Crippen LogP contribution in [0.25, 0.3) is 0 Å². The Kier molecular flexibility index (Phi) is 5.63. The number of amides is 2. The molecular formula is C18H14F2N2O4S. The summed E-state index contributed by atoms with van der Waals surface area (Å²) >= 11 is 1.24. The molecule has 1 unspecified atom stereocenters. The summed E-state index contributed by atoms with van der Waals surface area (Å²) in [7, 11) is 0. The summed E-state index contributed by atoms with van der Waals surface area (Å²) in [5.74, 6) is -3.42. The molecule has 3 N–H and O–H groups in total. The van der Waals surface area contributed by atoms with Crippen LogP contribution >= 0.6 is 11.3 Å². The zero-order chi connectivity index (χ0) is 19.4. The van der Waals surface area contributed by atoms with Gasteiger partial charge in [-0.25, -0.2) is 8.78 Å². The first-order chi connectivity index (χ1) is 12.9. The van der Waals surface area contributed by atoms with E-state index in [1.165, 1.54) is 17.6 Å². The first-order valence-corrected chi connectivity index (χ1v) is 8.60. The van der Waals surface area contributed by atoms with Crippen molar-refractivity contribution in [2.24, 2.45) is 0 Å². The minimum Gasteiger partial charge on any atom is -0.466 e. The monoisotopic (exact) mass is 392 g/mol. The standard InChI is InChI=1S/C18H14F2N2O4S/c19-10-3-5-13(12(20)8-10)22-18(25)17(24)21-9-11-4-6-15(27-11)16(23)14-2-1-7-26-14/h1-8,16,23H,9H2,(H,21,24)(H,22,25). The fourth-order valence-corrected chi connectivity index (χ4v) is 3.19. The number of rotatable bonds is 5. The third kappa shape index (κ3) is 4.57. The maximum Gasteiger partial charge on any atom is 0.313 e. The third-order valence-electron chi connectivity index (χ3n) is 3.57. The Morgan fingerprint density at radius 1 is 1.15 bits per heavy atom. The minimum atomic E-state index is -1.08. The molecule has 0 aliphatic heterocycles. The molecule has 0 spiro atoms. The summed E-state index contributed by atoms with van der Waals surface area (Å²) in [6.45, 7) is 0.0493. The molecule has 3 rings (SSSR count). The van der Waals surface area contributed by atoms with Crippen LogP contribution in [0.15, 0.2) is 53.1 Å². The van der Waals surface area contributed by atoms with Gasteiger partial charge >= 0.3 is 11.8 Å². The maximum atomic E-state index is 13.5. The number of carbonyl (C=O) groups excluding carboxylic acids is 2. The lowest BCUT2D eigenvalue weighted by Crippen LogP contribution is -2.35. The van der Waals surface area contributed by atoms with E-state index in [0.717, 1.165) is 12.1 Å². The van der Waals surface area contributed by atoms with Crippen LogP contribution in [-0.4, -0.2) is 16.9 Å². The van der Waals surface area contributed by atoms with E-state index in [1.807, 2.05) is 0 Å². The number of carbonyl (C=O) groups is 2. The summed E-state index contributed by atoms with van der Waals surface area (Å²) in [4.78, 5) is 25.0. The van der Waals surface area contributed by atoms with Crippen molar-refractivity contribution >= 4 is 28.8 Å². The summed E-state index contributed by atoms with van der Waals surface area (Å²) in [5, 5.41) is 14.6. The predicted molar refractivity (Wildman–Crippen MR) is 93.9 cm³/mol. The van der Waals surface area contributed by atoms with E-state index < -0.39 is 29.6 Å². The molecule has 2 aromatic heterocycles. The van der Waals surface area contributed by atoms with Gasteiger partial charge in [0.25, 0.3) is 0 Å². The van der Waals surface area contributed by atoms with Gasteiger partial charge in [0, 0.05) is 15.8 Å². The second-order valence-electron chi connectivity index (χ2n) is 5.48. The molecule has 0 radical (unpaired) electrons. The maximum absolute atomic E-state index is 13.5. The second kappa shape index (κ2) is 8.11. The van der Waals surface area contributed by atoms with Gasteiger partial charge in [-0.3, -0.25) is 9.59 Å². The zero-order valence-corrected chi connectivity index (χ0v) is 14.6. The fourth-order valence-electron chi connectivity index (χ4n) is 2.24. The number of aliphatic hydroxyl groups is 1. The topological polar surface area (TPSA) is 91.6 Å². The molecule has 0 aliphatic rings. The fraction of sp³-hybridized carbons (Fsp3) is 0.111. The molecule has 27 heavy (non-hydrogen) atoms. The first-order valence-electron chi connectivity index (χ1n) is 7.78. The molecule has 3 aromatic rings. The summed E-state index contributed by atoms with van der Waals surface area (Å²) in [6, 6.07) is 9.29. The summed E-state index contributed by atoms with van der Waals surface area (Å²) in [6.07, 6.45) is 0.537. The van der Waals surface area contributed by atoms with E-state index >= 15 is 0 Å². The van der Waals surface area contributed by atoms with E-state index in [4.69, 9.17) is 4.42 Å². The van der Waals surface area contributed by atoms with Crippen molar-refractivity contribution in [1.29, 1.82) is 0 Å². The van der Waals surface area contributed by atoms with Gasteiger partial charge in [0.2, 0.25) is 0 Å². The minimum absolute atomic E-state index is 0.0493. The molecule has 0 saturated carbocycles. The van der Waals surface area contributed by atoms with Gasteiger partial charge in [0.15, 0.2) is 0 Å². The van der Waals surface area contributed by atoms with Crippen molar-refractivity contribution in [3.8, 4) is 0 Å². The van der Waals surface area contributed by atoms with E-state index in [9.17, 15) is 23.5 Å². The third-order valence-corrected chi connectivity index (χ3v) is 4.71. The molecule has 0 fully saturated rings. The number of aliphatic hydroxyl groups excluding tert-OH is 1. The normalized spacial score (nSPS) is 11.8. The second-order valence-corrected chi connectivity index (χ2v) is 6.68. The molecule has 0 aliphatic carbocycles. The number of nitrogens with one attached hydrogen (secondary N) is 2. The van der Waals surface area contributed by atoms with Gasteiger partial charge in [-0.1, -0.05) is 0 Å². The molecular weight excluding hydrogens is 378 g/mol. The highest BCUT2D eigenvalue weighted by Crippen LogP contribution is 2.28. The molecule has 9 heteroatoms. The highest BCUT2D eigenvalue weighted by atomic mass is 32.1. The van der Waals surface area contributed by atoms with E-state index in [2.05, 4.69) is 10.6 Å². The lowest BCUT2D eigenvalue weighted by Gasteiger charge is -2.07. The van der Waals surface area contributed by atoms with Crippen molar-refractivity contribution < 1.29 is 27.9 Å². The first kappa shape index (κ1) is 18.7. The molecule has 1 aromatic carbocycles. The summed E-state index contributed by atoms with van der Waals surface area (Å²) in [5.41, 5.74) is -0.295. The number of furan rings is 1. The van der Waals surface area contributed by atoms with Crippen LogP contribution < -0.4 is 10.6 Å². The van der Waals surface area contributed by atoms with Crippen molar-refractivity contribution in [2.75, 3.05) is 5.32 Å². The molecule has 0 saturated heterocycles. The van der Waals surface area contributed by atoms with Crippen LogP contribution in [0.4, 0.5) is 14.5 Å². The number of hydrogen-bond donors (Lipinski definition) is 3. The number of benzene rings is 1. The Balaban J connectivity index is 1.55. The Bertz CT molecular complexity index is 956. The van der Waals surface area contributed by atoms with Gasteiger partial charge in [0.05, 0.1) is 18.5 Å². The number of anilines is 1. The van der Waals surface area contributed by atoms with Crippen LogP contribution in [0.1, 0.15) is 21.6 Å². The Morgan fingerprint density at radius 2 is 1.96 bits per heavy atom. The smallest absolute Gasteiger partial charge is 0.313 e. The largest absolute Gasteiger partial charge is 0.466 e. The molecule has 140 valence electrons. The predicted octanol–water partition coefficient (Wildman–Crippen LogP) is 2.96. The van der Waals surface area contributed by atoms with Gasteiger partial charge in [-0.2, -0.15) is 0 Å². The van der Waals surface area contributed by atoms with Crippen molar-refractivity contribution in [2.45, 2.75) is 12.6 Å². The van der Waals surface area contributed by atoms with E-state index in [1.54, 1.807) is 24.3 Å². The van der Waals surface area contributed by atoms with Crippen LogP contribution in [0.5, 0.6) is 0 Å². The van der Waals surface area contributed by atoms with Crippen molar-refractivity contribution in [3.63, 3.8) is 0 Å². The highest BCUT2D eigenvalue weighted by molar-refractivity contribution is 7.12. The zero-order valence-electron chi connectivity index (χ0n) is 13.7. The molecule has 0 bridgehead atoms. The number of thiophene rings is 1. The SMILES string of the molecule is O=C(NCc1ccc(C(O)c2ccco2)s1)C(=O)Nc1ccc(F)cc1F. The Morgan fingerprint density at radius 3 is 2.67 bits per heavy atom. The molecule has 6 nitrogen and oxygen atoms in total. The highest BCUT2D eigenvalue weighted by Gasteiger charge is 2.18.